The number of nitrogen functional groups attached to an aromatic ring is 1. The largest absolute Gasteiger partial charge is 0.383 e. The number of benzene rings is 1. The van der Waals surface area contributed by atoms with Gasteiger partial charge in [0, 0.05) is 11.6 Å². The van der Waals surface area contributed by atoms with Crippen molar-refractivity contribution in [1.29, 1.82) is 5.26 Å². The molecule has 3 aromatic rings. The second-order valence-electron chi connectivity index (χ2n) is 9.49. The van der Waals surface area contributed by atoms with E-state index in [1.807, 2.05) is 6.07 Å². The van der Waals surface area contributed by atoms with Crippen molar-refractivity contribution in [2.75, 3.05) is 11.1 Å². The minimum Gasteiger partial charge on any atom is -0.383 e. The van der Waals surface area contributed by atoms with Crippen LogP contribution in [0.15, 0.2) is 34.9 Å². The lowest BCUT2D eigenvalue weighted by atomic mass is 9.91. The zero-order chi connectivity index (χ0) is 25.2. The summed E-state index contributed by atoms with van der Waals surface area (Å²) in [6, 6.07) is 9.17. The monoisotopic (exact) mass is 470 g/mol. The Morgan fingerprint density at radius 2 is 1.91 bits per heavy atom. The van der Waals surface area contributed by atoms with Crippen molar-refractivity contribution in [2.24, 2.45) is 5.41 Å². The number of alkyl halides is 2. The number of nitrogens with zero attached hydrogens (tertiary/aromatic N) is 4. The van der Waals surface area contributed by atoms with Crippen molar-refractivity contribution < 1.29 is 18.1 Å². The first-order chi connectivity index (χ1) is 15.9. The van der Waals surface area contributed by atoms with Crippen molar-refractivity contribution in [3.05, 3.63) is 47.2 Å². The fourth-order valence-corrected chi connectivity index (χ4v) is 3.49. The van der Waals surface area contributed by atoms with Gasteiger partial charge in [-0.25, -0.2) is 13.5 Å². The third-order valence-corrected chi connectivity index (χ3v) is 5.40. The summed E-state index contributed by atoms with van der Waals surface area (Å²) in [6.07, 6.45) is -1.97. The van der Waals surface area contributed by atoms with E-state index in [0.717, 1.165) is 10.4 Å². The maximum atomic E-state index is 13.1. The van der Waals surface area contributed by atoms with Gasteiger partial charge in [0.2, 0.25) is 11.8 Å². The molecule has 0 bridgehead atoms. The smallest absolute Gasteiger partial charge is 0.260 e. The number of nitrogens with two attached hydrogens (primary N) is 1. The van der Waals surface area contributed by atoms with E-state index in [4.69, 9.17) is 10.3 Å². The zero-order valence-electron chi connectivity index (χ0n) is 19.8. The van der Waals surface area contributed by atoms with Crippen molar-refractivity contribution >= 4 is 17.6 Å². The molecule has 3 N–H and O–H groups in total. The Bertz CT molecular complexity index is 1200. The first kappa shape index (κ1) is 24.9. The summed E-state index contributed by atoms with van der Waals surface area (Å²) >= 11 is 0. The van der Waals surface area contributed by atoms with Crippen molar-refractivity contribution in [2.45, 2.75) is 59.4 Å². The van der Waals surface area contributed by atoms with E-state index in [9.17, 15) is 18.8 Å². The molecule has 0 aliphatic heterocycles. The fraction of sp³-hybridized carbons (Fsp3) is 0.417. The molecule has 0 aliphatic carbocycles. The van der Waals surface area contributed by atoms with E-state index in [1.165, 1.54) is 6.92 Å². The Labute approximate surface area is 196 Å². The quantitative estimate of drug-likeness (QED) is 0.492. The lowest BCUT2D eigenvalue weighted by Crippen LogP contribution is -2.18. The summed E-state index contributed by atoms with van der Waals surface area (Å²) in [6.45, 7) is 9.29. The lowest BCUT2D eigenvalue weighted by molar-refractivity contribution is -0.117. The minimum absolute atomic E-state index is 0.0300. The van der Waals surface area contributed by atoms with E-state index in [0.29, 0.717) is 17.5 Å². The highest BCUT2D eigenvalue weighted by molar-refractivity contribution is 5.94. The molecule has 2 atom stereocenters. The predicted molar refractivity (Wildman–Crippen MR) is 124 cm³/mol. The van der Waals surface area contributed by atoms with Crippen LogP contribution in [0.25, 0.3) is 11.3 Å². The molecular formula is C24H28F2N6O2. The molecule has 1 aromatic carbocycles. The maximum absolute atomic E-state index is 13.1. The first-order valence-corrected chi connectivity index (χ1v) is 10.8. The molecular weight excluding hydrogens is 442 g/mol. The average Bonchev–Trinajstić information content (AvgIpc) is 3.34. The number of nitrogens with one attached hydrogen (secondary N) is 1. The van der Waals surface area contributed by atoms with E-state index >= 15 is 0 Å². The van der Waals surface area contributed by atoms with Crippen LogP contribution >= 0.6 is 0 Å². The van der Waals surface area contributed by atoms with Gasteiger partial charge >= 0.3 is 0 Å². The van der Waals surface area contributed by atoms with E-state index in [1.54, 1.807) is 37.3 Å². The number of halogens is 2. The average molecular weight is 471 g/mol. The van der Waals surface area contributed by atoms with Gasteiger partial charge < -0.3 is 10.3 Å². The molecule has 180 valence electrons. The summed E-state index contributed by atoms with van der Waals surface area (Å²) in [5.41, 5.74) is 8.17. The van der Waals surface area contributed by atoms with Crippen LogP contribution in [-0.2, 0) is 11.2 Å². The highest BCUT2D eigenvalue weighted by Gasteiger charge is 2.25. The Morgan fingerprint density at radius 3 is 2.47 bits per heavy atom. The Morgan fingerprint density at radius 1 is 1.26 bits per heavy atom. The molecule has 2 aromatic heterocycles. The van der Waals surface area contributed by atoms with Crippen LogP contribution in [0.5, 0.6) is 0 Å². The van der Waals surface area contributed by atoms with Crippen molar-refractivity contribution in [3.63, 3.8) is 0 Å². The number of hydrogen-bond donors (Lipinski definition) is 2. The Balaban J connectivity index is 1.76. The van der Waals surface area contributed by atoms with E-state index in [-0.39, 0.29) is 34.3 Å². The molecule has 10 heteroatoms. The van der Waals surface area contributed by atoms with Gasteiger partial charge in [0.25, 0.3) is 6.43 Å². The van der Waals surface area contributed by atoms with Gasteiger partial charge in [0.15, 0.2) is 0 Å². The van der Waals surface area contributed by atoms with Crippen LogP contribution in [0.2, 0.25) is 0 Å². The highest BCUT2D eigenvalue weighted by atomic mass is 19.3. The number of hydrogen-bond acceptors (Lipinski definition) is 6. The van der Waals surface area contributed by atoms with E-state index in [2.05, 4.69) is 36.3 Å². The van der Waals surface area contributed by atoms with Crippen molar-refractivity contribution in [1.82, 2.24) is 14.9 Å². The molecule has 2 unspecified atom stereocenters. The van der Waals surface area contributed by atoms with Gasteiger partial charge in [-0.15, -0.1) is 0 Å². The Hall–Kier alpha value is -3.74. The third-order valence-electron chi connectivity index (χ3n) is 5.40. The number of aromatic nitrogens is 3. The second-order valence-corrected chi connectivity index (χ2v) is 9.49. The number of nitriles is 1. The number of amides is 1. The van der Waals surface area contributed by atoms with Gasteiger partial charge in [0.1, 0.15) is 29.2 Å². The van der Waals surface area contributed by atoms with Gasteiger partial charge in [0.05, 0.1) is 11.6 Å². The minimum atomic E-state index is -2.68. The summed E-state index contributed by atoms with van der Waals surface area (Å²) in [5, 5.41) is 20.4. The lowest BCUT2D eigenvalue weighted by Gasteiger charge is -2.15. The Kier molecular flexibility index (Phi) is 7.05. The van der Waals surface area contributed by atoms with Gasteiger partial charge in [-0.2, -0.15) is 10.4 Å². The van der Waals surface area contributed by atoms with Crippen LogP contribution in [-0.4, -0.2) is 27.3 Å². The second kappa shape index (κ2) is 9.63. The standard InChI is InChI=1S/C24H28F2N6O2/c1-13(23(33)29-19-10-17(31-34-19)11-24(3,4)5)15-6-8-16(9-7-15)20-18(12-27)22(28)32(30-20)14(2)21(25)26/h6-10,13-14,21H,11,28H2,1-5H3,(H,29,33). The molecule has 0 aliphatic rings. The molecule has 3 rings (SSSR count). The molecule has 2 heterocycles. The van der Waals surface area contributed by atoms with Crippen LogP contribution < -0.4 is 11.1 Å². The van der Waals surface area contributed by atoms with E-state index < -0.39 is 18.4 Å². The number of carbonyl (C=O) groups is 1. The molecule has 0 radical (unpaired) electrons. The topological polar surface area (TPSA) is 123 Å². The predicted octanol–water partition coefficient (Wildman–Crippen LogP) is 5.15. The van der Waals surface area contributed by atoms with Crippen LogP contribution in [0.4, 0.5) is 20.5 Å². The van der Waals surface area contributed by atoms with Gasteiger partial charge in [-0.3, -0.25) is 10.1 Å². The summed E-state index contributed by atoms with van der Waals surface area (Å²) in [7, 11) is 0. The van der Waals surface area contributed by atoms with Crippen LogP contribution in [0, 0.1) is 16.7 Å². The van der Waals surface area contributed by atoms with Crippen LogP contribution in [0.1, 0.15) is 63.4 Å². The molecule has 0 saturated heterocycles. The molecule has 1 amide bonds. The maximum Gasteiger partial charge on any atom is 0.260 e. The molecule has 0 spiro atoms. The van der Waals surface area contributed by atoms with Crippen LogP contribution in [0.3, 0.4) is 0 Å². The van der Waals surface area contributed by atoms with Gasteiger partial charge in [-0.1, -0.05) is 50.2 Å². The zero-order valence-corrected chi connectivity index (χ0v) is 19.8. The summed E-state index contributed by atoms with van der Waals surface area (Å²) in [5.74, 6) is -0.620. The molecule has 8 nitrogen and oxygen atoms in total. The molecule has 0 fully saturated rings. The number of rotatable bonds is 7. The molecule has 34 heavy (non-hydrogen) atoms. The fourth-order valence-electron chi connectivity index (χ4n) is 3.49. The third kappa shape index (κ3) is 5.42. The number of anilines is 2. The molecule has 0 saturated carbocycles. The van der Waals surface area contributed by atoms with Gasteiger partial charge in [-0.05, 0) is 31.2 Å². The highest BCUT2D eigenvalue weighted by Crippen LogP contribution is 2.31. The van der Waals surface area contributed by atoms with Crippen molar-refractivity contribution in [3.8, 4) is 17.3 Å². The SMILES string of the molecule is CC(C(=O)Nc1cc(CC(C)(C)C)no1)c1ccc(-c2nn(C(C)C(F)F)c(N)c2C#N)cc1. The summed E-state index contributed by atoms with van der Waals surface area (Å²) in [4.78, 5) is 12.7. The number of carbonyl (C=O) groups excluding carboxylic acids is 1. The first-order valence-electron chi connectivity index (χ1n) is 10.8. The summed E-state index contributed by atoms with van der Waals surface area (Å²) < 4.78 is 32.5. The normalized spacial score (nSPS) is 13.5.